The van der Waals surface area contributed by atoms with Gasteiger partial charge in [0.05, 0.1) is 6.73 Å². The molecule has 6 heteroatoms. The second-order valence-corrected chi connectivity index (χ2v) is 6.35. The maximum absolute atomic E-state index is 5.34. The second kappa shape index (κ2) is 26.0. The molecule has 0 saturated carbocycles. The minimum absolute atomic E-state index is 0.151. The molecule has 0 fully saturated rings. The SMILES string of the molecule is CC(N)OCCCN.CCCCCCNCCCCCCOCNC. The van der Waals surface area contributed by atoms with Gasteiger partial charge in [0.2, 0.25) is 0 Å². The highest BCUT2D eigenvalue weighted by Crippen LogP contribution is 2.00. The summed E-state index contributed by atoms with van der Waals surface area (Å²) in [6.07, 6.45) is 11.3. The van der Waals surface area contributed by atoms with Crippen molar-refractivity contribution in [3.05, 3.63) is 0 Å². The van der Waals surface area contributed by atoms with Crippen LogP contribution in [0.2, 0.25) is 0 Å². The van der Waals surface area contributed by atoms with E-state index < -0.39 is 0 Å². The summed E-state index contributed by atoms with van der Waals surface area (Å²) in [6.45, 7) is 9.37. The van der Waals surface area contributed by atoms with Crippen LogP contribution in [0.25, 0.3) is 0 Å². The average Bonchev–Trinajstić information content (AvgIpc) is 2.59. The van der Waals surface area contributed by atoms with Crippen molar-refractivity contribution in [3.63, 3.8) is 0 Å². The fourth-order valence-electron chi connectivity index (χ4n) is 2.14. The van der Waals surface area contributed by atoms with Gasteiger partial charge in [-0.15, -0.1) is 0 Å². The number of hydrogen-bond acceptors (Lipinski definition) is 6. The van der Waals surface area contributed by atoms with Gasteiger partial charge in [0.25, 0.3) is 0 Å². The summed E-state index contributed by atoms with van der Waals surface area (Å²) in [5, 5.41) is 6.49. The molecular formula is C19H46N4O2. The van der Waals surface area contributed by atoms with Gasteiger partial charge in [0.15, 0.2) is 0 Å². The lowest BCUT2D eigenvalue weighted by Crippen LogP contribution is -2.20. The van der Waals surface area contributed by atoms with Gasteiger partial charge >= 0.3 is 0 Å². The first-order valence-corrected chi connectivity index (χ1v) is 10.2. The smallest absolute Gasteiger partial charge is 0.102 e. The van der Waals surface area contributed by atoms with Crippen molar-refractivity contribution in [1.82, 2.24) is 10.6 Å². The average molecular weight is 363 g/mol. The molecule has 0 aromatic heterocycles. The zero-order valence-electron chi connectivity index (χ0n) is 17.2. The van der Waals surface area contributed by atoms with E-state index in [0.29, 0.717) is 19.9 Å². The Morgan fingerprint density at radius 3 is 2.08 bits per heavy atom. The summed E-state index contributed by atoms with van der Waals surface area (Å²) in [6, 6.07) is 0. The summed E-state index contributed by atoms with van der Waals surface area (Å²) >= 11 is 0. The summed E-state index contributed by atoms with van der Waals surface area (Å²) in [7, 11) is 1.91. The third-order valence-electron chi connectivity index (χ3n) is 3.57. The third-order valence-corrected chi connectivity index (χ3v) is 3.57. The van der Waals surface area contributed by atoms with Crippen LogP contribution in [-0.2, 0) is 9.47 Å². The van der Waals surface area contributed by atoms with Crippen molar-refractivity contribution < 1.29 is 9.47 Å². The standard InChI is InChI=1S/C14H32N2O.C5H14N2O/c1-3-4-5-8-11-16-12-9-6-7-10-13-17-14-15-2;1-5(7)8-4-2-3-6/h15-16H,3-14H2,1-2H3;5H,2-4,6-7H2,1H3. The molecule has 154 valence electrons. The first kappa shape index (κ1) is 27.0. The summed E-state index contributed by atoms with van der Waals surface area (Å²) in [4.78, 5) is 0. The van der Waals surface area contributed by atoms with Crippen LogP contribution in [0.1, 0.15) is 71.6 Å². The van der Waals surface area contributed by atoms with Crippen molar-refractivity contribution in [2.75, 3.05) is 46.6 Å². The Morgan fingerprint density at radius 1 is 0.880 bits per heavy atom. The van der Waals surface area contributed by atoms with E-state index in [1.54, 1.807) is 6.92 Å². The number of nitrogens with two attached hydrogens (primary N) is 2. The van der Waals surface area contributed by atoms with Crippen LogP contribution in [0.15, 0.2) is 0 Å². The monoisotopic (exact) mass is 362 g/mol. The van der Waals surface area contributed by atoms with Crippen LogP contribution in [-0.4, -0.2) is 52.9 Å². The van der Waals surface area contributed by atoms with Crippen LogP contribution >= 0.6 is 0 Å². The molecule has 0 bridgehead atoms. The molecule has 1 unspecified atom stereocenters. The molecule has 0 heterocycles. The Labute approximate surface area is 156 Å². The van der Waals surface area contributed by atoms with Crippen molar-refractivity contribution in [2.45, 2.75) is 77.9 Å². The number of hydrogen-bond donors (Lipinski definition) is 4. The summed E-state index contributed by atoms with van der Waals surface area (Å²) in [5.74, 6) is 0. The predicted octanol–water partition coefficient (Wildman–Crippen LogP) is 2.57. The van der Waals surface area contributed by atoms with Gasteiger partial charge in [0, 0.05) is 13.2 Å². The van der Waals surface area contributed by atoms with E-state index in [4.69, 9.17) is 20.9 Å². The molecule has 0 rings (SSSR count). The maximum Gasteiger partial charge on any atom is 0.102 e. The molecular weight excluding hydrogens is 316 g/mol. The Bertz CT molecular complexity index is 206. The molecule has 0 aromatic carbocycles. The van der Waals surface area contributed by atoms with E-state index >= 15 is 0 Å². The first-order chi connectivity index (χ1) is 12.2. The molecule has 1 atom stereocenters. The molecule has 0 aliphatic rings. The molecule has 0 saturated heterocycles. The minimum atomic E-state index is -0.151. The van der Waals surface area contributed by atoms with Gasteiger partial charge in [-0.2, -0.15) is 0 Å². The quantitative estimate of drug-likeness (QED) is 0.221. The van der Waals surface area contributed by atoms with E-state index in [1.807, 2.05) is 7.05 Å². The molecule has 0 aliphatic carbocycles. The molecule has 0 radical (unpaired) electrons. The number of ether oxygens (including phenoxy) is 2. The number of nitrogens with one attached hydrogen (secondary N) is 2. The first-order valence-electron chi connectivity index (χ1n) is 10.2. The summed E-state index contributed by atoms with van der Waals surface area (Å²) in [5.41, 5.74) is 10.5. The lowest BCUT2D eigenvalue weighted by atomic mass is 10.2. The van der Waals surface area contributed by atoms with Gasteiger partial charge in [-0.3, -0.25) is 5.32 Å². The fraction of sp³-hybridized carbons (Fsp3) is 1.00. The zero-order chi connectivity index (χ0) is 19.0. The van der Waals surface area contributed by atoms with Gasteiger partial charge < -0.3 is 26.3 Å². The van der Waals surface area contributed by atoms with Gasteiger partial charge in [-0.1, -0.05) is 39.0 Å². The summed E-state index contributed by atoms with van der Waals surface area (Å²) < 4.78 is 10.3. The topological polar surface area (TPSA) is 94.6 Å². The highest BCUT2D eigenvalue weighted by molar-refractivity contribution is 4.50. The normalized spacial score (nSPS) is 11.9. The number of unbranched alkanes of at least 4 members (excludes halogenated alkanes) is 6. The largest absolute Gasteiger partial charge is 0.366 e. The van der Waals surface area contributed by atoms with Gasteiger partial charge in [0.1, 0.15) is 6.23 Å². The lowest BCUT2D eigenvalue weighted by molar-refractivity contribution is 0.0701. The van der Waals surface area contributed by atoms with Gasteiger partial charge in [-0.25, -0.2) is 0 Å². The molecule has 25 heavy (non-hydrogen) atoms. The van der Waals surface area contributed by atoms with Crippen molar-refractivity contribution in [1.29, 1.82) is 0 Å². The molecule has 0 spiro atoms. The van der Waals surface area contributed by atoms with E-state index in [2.05, 4.69) is 17.6 Å². The van der Waals surface area contributed by atoms with Crippen LogP contribution in [0, 0.1) is 0 Å². The fourth-order valence-corrected chi connectivity index (χ4v) is 2.14. The third kappa shape index (κ3) is 32.0. The van der Waals surface area contributed by atoms with E-state index in [1.165, 1.54) is 64.5 Å². The van der Waals surface area contributed by atoms with E-state index in [-0.39, 0.29) is 6.23 Å². The second-order valence-electron chi connectivity index (χ2n) is 6.35. The van der Waals surface area contributed by atoms with E-state index in [9.17, 15) is 0 Å². The molecule has 6 N–H and O–H groups in total. The molecule has 0 amide bonds. The highest BCUT2D eigenvalue weighted by Gasteiger charge is 1.92. The Hall–Kier alpha value is -0.240. The van der Waals surface area contributed by atoms with Crippen LogP contribution in [0.4, 0.5) is 0 Å². The minimum Gasteiger partial charge on any atom is -0.366 e. The Kier molecular flexibility index (Phi) is 28.1. The highest BCUT2D eigenvalue weighted by atomic mass is 16.5. The van der Waals surface area contributed by atoms with Crippen molar-refractivity contribution >= 4 is 0 Å². The maximum atomic E-state index is 5.34. The van der Waals surface area contributed by atoms with Crippen molar-refractivity contribution in [2.24, 2.45) is 11.5 Å². The van der Waals surface area contributed by atoms with Crippen LogP contribution in [0.3, 0.4) is 0 Å². The number of rotatable bonds is 18. The molecule has 0 aromatic rings. The van der Waals surface area contributed by atoms with Crippen molar-refractivity contribution in [3.8, 4) is 0 Å². The van der Waals surface area contributed by atoms with E-state index in [0.717, 1.165) is 13.0 Å². The Morgan fingerprint density at radius 2 is 1.52 bits per heavy atom. The molecule has 0 aliphatic heterocycles. The van der Waals surface area contributed by atoms with Gasteiger partial charge in [-0.05, 0) is 59.3 Å². The lowest BCUT2D eigenvalue weighted by Gasteiger charge is -2.05. The van der Waals surface area contributed by atoms with Crippen LogP contribution < -0.4 is 22.1 Å². The zero-order valence-corrected chi connectivity index (χ0v) is 17.2. The predicted molar refractivity (Wildman–Crippen MR) is 109 cm³/mol. The van der Waals surface area contributed by atoms with Crippen LogP contribution in [0.5, 0.6) is 0 Å². The Balaban J connectivity index is 0. The molecule has 6 nitrogen and oxygen atoms in total.